The third-order valence-corrected chi connectivity index (χ3v) is 5.98. The van der Waals surface area contributed by atoms with Crippen LogP contribution in [0.5, 0.6) is 0 Å². The van der Waals surface area contributed by atoms with Crippen LogP contribution >= 0.6 is 0 Å². The van der Waals surface area contributed by atoms with Crippen LogP contribution in [0.25, 0.3) is 0 Å². The largest absolute Gasteiger partial charge is 0.322 e. The van der Waals surface area contributed by atoms with Gasteiger partial charge in [-0.3, -0.25) is 9.52 Å². The molecule has 1 amide bonds. The van der Waals surface area contributed by atoms with Crippen LogP contribution in [0.4, 0.5) is 11.4 Å². The van der Waals surface area contributed by atoms with Crippen LogP contribution in [0, 0.1) is 27.7 Å². The van der Waals surface area contributed by atoms with Gasteiger partial charge in [0.25, 0.3) is 15.9 Å². The van der Waals surface area contributed by atoms with Crippen molar-refractivity contribution in [3.63, 3.8) is 0 Å². The molecule has 0 saturated heterocycles. The summed E-state index contributed by atoms with van der Waals surface area (Å²) in [5, 5.41) is 2.78. The number of anilines is 2. The molecule has 0 aromatic heterocycles. The van der Waals surface area contributed by atoms with Gasteiger partial charge in [0.2, 0.25) is 0 Å². The van der Waals surface area contributed by atoms with Crippen molar-refractivity contribution in [3.05, 3.63) is 88.5 Å². The SMILES string of the molecule is Cc1cccc(C(=O)Nc2ccc(S(=O)(=O)Nc3c(C)cc(C)cc3C)cc2)c1. The first-order valence-corrected chi connectivity index (χ1v) is 10.7. The zero-order chi connectivity index (χ0) is 21.2. The van der Waals surface area contributed by atoms with Crippen LogP contribution in [-0.2, 0) is 10.0 Å². The Labute approximate surface area is 171 Å². The lowest BCUT2D eigenvalue weighted by molar-refractivity contribution is 0.102. The highest BCUT2D eigenvalue weighted by atomic mass is 32.2. The van der Waals surface area contributed by atoms with Gasteiger partial charge in [-0.1, -0.05) is 35.4 Å². The number of sulfonamides is 1. The van der Waals surface area contributed by atoms with E-state index in [-0.39, 0.29) is 10.8 Å². The number of nitrogens with one attached hydrogen (secondary N) is 2. The first-order valence-electron chi connectivity index (χ1n) is 9.24. The van der Waals surface area contributed by atoms with Crippen LogP contribution in [0.15, 0.2) is 65.6 Å². The number of hydrogen-bond donors (Lipinski definition) is 2. The smallest absolute Gasteiger partial charge is 0.261 e. The highest BCUT2D eigenvalue weighted by Gasteiger charge is 2.17. The average molecular weight is 409 g/mol. The van der Waals surface area contributed by atoms with E-state index in [0.717, 1.165) is 22.3 Å². The van der Waals surface area contributed by atoms with Crippen molar-refractivity contribution in [2.45, 2.75) is 32.6 Å². The molecule has 6 heteroatoms. The Kier molecular flexibility index (Phi) is 5.75. The van der Waals surface area contributed by atoms with Gasteiger partial charge in [-0.05, 0) is 75.2 Å². The first-order chi connectivity index (χ1) is 13.7. The second kappa shape index (κ2) is 8.09. The predicted octanol–water partition coefficient (Wildman–Crippen LogP) is 4.97. The molecule has 2 N–H and O–H groups in total. The minimum atomic E-state index is -3.74. The molecule has 0 bridgehead atoms. The Balaban J connectivity index is 1.78. The number of benzene rings is 3. The lowest BCUT2D eigenvalue weighted by Crippen LogP contribution is -2.15. The van der Waals surface area contributed by atoms with Crippen molar-refractivity contribution in [1.82, 2.24) is 0 Å². The molecule has 29 heavy (non-hydrogen) atoms. The monoisotopic (exact) mass is 408 g/mol. The second-order valence-electron chi connectivity index (χ2n) is 7.23. The van der Waals surface area contributed by atoms with E-state index in [1.165, 1.54) is 12.1 Å². The molecular weight excluding hydrogens is 384 g/mol. The van der Waals surface area contributed by atoms with Crippen molar-refractivity contribution in [3.8, 4) is 0 Å². The van der Waals surface area contributed by atoms with Crippen LogP contribution in [0.1, 0.15) is 32.6 Å². The quantitative estimate of drug-likeness (QED) is 0.626. The van der Waals surface area contributed by atoms with Gasteiger partial charge in [0.15, 0.2) is 0 Å². The van der Waals surface area contributed by atoms with E-state index in [9.17, 15) is 13.2 Å². The predicted molar refractivity (Wildman–Crippen MR) is 117 cm³/mol. The third-order valence-electron chi connectivity index (χ3n) is 4.62. The fraction of sp³-hybridized carbons (Fsp3) is 0.174. The van der Waals surface area contributed by atoms with E-state index in [0.29, 0.717) is 16.9 Å². The fourth-order valence-electron chi connectivity index (χ4n) is 3.24. The standard InChI is InChI=1S/C23H24N2O3S/c1-15-6-5-7-19(14-15)23(26)24-20-8-10-21(11-9-20)29(27,28)25-22-17(3)12-16(2)13-18(22)4/h5-14,25H,1-4H3,(H,24,26). The van der Waals surface area contributed by atoms with Crippen molar-refractivity contribution in [1.29, 1.82) is 0 Å². The van der Waals surface area contributed by atoms with Crippen LogP contribution < -0.4 is 10.0 Å². The number of aryl methyl sites for hydroxylation is 4. The zero-order valence-electron chi connectivity index (χ0n) is 16.9. The first kappa shape index (κ1) is 20.6. The molecule has 0 aliphatic rings. The Morgan fingerprint density at radius 1 is 0.793 bits per heavy atom. The lowest BCUT2D eigenvalue weighted by atomic mass is 10.1. The molecular formula is C23H24N2O3S. The van der Waals surface area contributed by atoms with Crippen molar-refractivity contribution >= 4 is 27.3 Å². The Morgan fingerprint density at radius 3 is 2.00 bits per heavy atom. The molecule has 0 heterocycles. The summed E-state index contributed by atoms with van der Waals surface area (Å²) in [6.45, 7) is 7.65. The van der Waals surface area contributed by atoms with Crippen LogP contribution in [0.3, 0.4) is 0 Å². The molecule has 5 nitrogen and oxygen atoms in total. The van der Waals surface area contributed by atoms with Gasteiger partial charge in [0.1, 0.15) is 0 Å². The minimum absolute atomic E-state index is 0.130. The van der Waals surface area contributed by atoms with E-state index in [2.05, 4.69) is 10.0 Å². The number of hydrogen-bond acceptors (Lipinski definition) is 3. The second-order valence-corrected chi connectivity index (χ2v) is 8.91. The fourth-order valence-corrected chi connectivity index (χ4v) is 4.44. The Bertz CT molecular complexity index is 1140. The van der Waals surface area contributed by atoms with Gasteiger partial charge in [-0.15, -0.1) is 0 Å². The van der Waals surface area contributed by atoms with E-state index in [4.69, 9.17) is 0 Å². The van der Waals surface area contributed by atoms with Gasteiger partial charge in [-0.25, -0.2) is 8.42 Å². The summed E-state index contributed by atoms with van der Waals surface area (Å²) in [6.07, 6.45) is 0. The van der Waals surface area contributed by atoms with Crippen molar-refractivity contribution in [2.24, 2.45) is 0 Å². The number of rotatable bonds is 5. The van der Waals surface area contributed by atoms with E-state index < -0.39 is 10.0 Å². The van der Waals surface area contributed by atoms with E-state index >= 15 is 0 Å². The van der Waals surface area contributed by atoms with Crippen molar-refractivity contribution in [2.75, 3.05) is 10.0 Å². The van der Waals surface area contributed by atoms with Gasteiger partial charge in [0, 0.05) is 11.3 Å². The summed E-state index contributed by atoms with van der Waals surface area (Å²) in [7, 11) is -3.74. The van der Waals surface area contributed by atoms with Gasteiger partial charge < -0.3 is 5.32 Å². The highest BCUT2D eigenvalue weighted by Crippen LogP contribution is 2.25. The maximum absolute atomic E-state index is 12.8. The molecule has 0 aliphatic heterocycles. The molecule has 0 radical (unpaired) electrons. The summed E-state index contributed by atoms with van der Waals surface area (Å²) < 4.78 is 28.2. The molecule has 150 valence electrons. The Morgan fingerprint density at radius 2 is 1.41 bits per heavy atom. The van der Waals surface area contributed by atoms with E-state index in [1.807, 2.05) is 52.0 Å². The molecule has 0 spiro atoms. The summed E-state index contributed by atoms with van der Waals surface area (Å²) in [6, 6.07) is 17.3. The van der Waals surface area contributed by atoms with Crippen molar-refractivity contribution < 1.29 is 13.2 Å². The normalized spacial score (nSPS) is 11.2. The van der Waals surface area contributed by atoms with Gasteiger partial charge >= 0.3 is 0 Å². The highest BCUT2D eigenvalue weighted by molar-refractivity contribution is 7.92. The summed E-state index contributed by atoms with van der Waals surface area (Å²) >= 11 is 0. The molecule has 0 fully saturated rings. The topological polar surface area (TPSA) is 75.3 Å². The van der Waals surface area contributed by atoms with E-state index in [1.54, 1.807) is 24.3 Å². The molecule has 0 saturated carbocycles. The van der Waals surface area contributed by atoms with Gasteiger partial charge in [-0.2, -0.15) is 0 Å². The van der Waals surface area contributed by atoms with Crippen LogP contribution in [-0.4, -0.2) is 14.3 Å². The zero-order valence-corrected chi connectivity index (χ0v) is 17.7. The number of carbonyl (C=O) groups excluding carboxylic acids is 1. The Hall–Kier alpha value is -3.12. The summed E-state index contributed by atoms with van der Waals surface area (Å²) in [4.78, 5) is 12.5. The summed E-state index contributed by atoms with van der Waals surface area (Å²) in [5.74, 6) is -0.242. The maximum Gasteiger partial charge on any atom is 0.261 e. The molecule has 3 aromatic rings. The lowest BCUT2D eigenvalue weighted by Gasteiger charge is -2.14. The third kappa shape index (κ3) is 4.84. The molecule has 3 aromatic carbocycles. The number of amides is 1. The maximum atomic E-state index is 12.8. The van der Waals surface area contributed by atoms with Crippen LogP contribution in [0.2, 0.25) is 0 Å². The molecule has 3 rings (SSSR count). The summed E-state index contributed by atoms with van der Waals surface area (Å²) in [5.41, 5.74) is 5.48. The minimum Gasteiger partial charge on any atom is -0.322 e. The molecule has 0 atom stereocenters. The average Bonchev–Trinajstić information content (AvgIpc) is 2.65. The molecule has 0 aliphatic carbocycles. The molecule has 0 unspecified atom stereocenters. The number of carbonyl (C=O) groups is 1. The van der Waals surface area contributed by atoms with Gasteiger partial charge in [0.05, 0.1) is 10.6 Å².